The van der Waals surface area contributed by atoms with Gasteiger partial charge in [0.2, 0.25) is 0 Å². The van der Waals surface area contributed by atoms with Gasteiger partial charge in [0.15, 0.2) is 0 Å². The Morgan fingerprint density at radius 3 is 2.46 bits per heavy atom. The fourth-order valence-corrected chi connectivity index (χ4v) is 4.64. The highest BCUT2D eigenvalue weighted by atomic mass is 32.2. The average molecular weight is 379 g/mol. The Morgan fingerprint density at radius 2 is 1.92 bits per heavy atom. The molecule has 3 heterocycles. The molecule has 2 aromatic heterocycles. The maximum absolute atomic E-state index is 12.4. The van der Waals surface area contributed by atoms with Crippen molar-refractivity contribution in [3.63, 3.8) is 0 Å². The zero-order valence-electron chi connectivity index (χ0n) is 16.0. The zero-order chi connectivity index (χ0) is 19.1. The van der Waals surface area contributed by atoms with Gasteiger partial charge in [-0.05, 0) is 26.7 Å². The van der Waals surface area contributed by atoms with Crippen LogP contribution in [0.25, 0.3) is 11.3 Å². The Balaban J connectivity index is 1.82. The largest absolute Gasteiger partial charge is 0.281 e. The van der Waals surface area contributed by atoms with E-state index >= 15 is 0 Å². The molecule has 1 atom stereocenters. The summed E-state index contributed by atoms with van der Waals surface area (Å²) in [6.45, 7) is 4.97. The standard InChI is InChI=1S/C17H26N6O2S/c1-12-17(13(2)22(5)20-12)16-10-18-15(9-19-16)14-7-6-8-23(11-14)26(24,25)21(3)4/h9-10,14H,6-8,11H2,1-5H3/t14-/m0/s1. The lowest BCUT2D eigenvalue weighted by atomic mass is 9.96. The van der Waals surface area contributed by atoms with Gasteiger partial charge >= 0.3 is 0 Å². The molecule has 3 rings (SSSR count). The third kappa shape index (κ3) is 3.38. The van der Waals surface area contributed by atoms with Crippen molar-refractivity contribution >= 4 is 10.2 Å². The van der Waals surface area contributed by atoms with E-state index in [0.717, 1.165) is 41.2 Å². The lowest BCUT2D eigenvalue weighted by molar-refractivity contribution is 0.296. The molecule has 1 fully saturated rings. The first-order chi connectivity index (χ1) is 12.2. The number of nitrogens with zero attached hydrogens (tertiary/aromatic N) is 6. The Morgan fingerprint density at radius 1 is 1.19 bits per heavy atom. The maximum atomic E-state index is 12.4. The molecule has 26 heavy (non-hydrogen) atoms. The highest BCUT2D eigenvalue weighted by molar-refractivity contribution is 7.86. The van der Waals surface area contributed by atoms with Crippen LogP contribution in [0.3, 0.4) is 0 Å². The van der Waals surface area contributed by atoms with Crippen molar-refractivity contribution in [2.75, 3.05) is 27.2 Å². The molecule has 9 heteroatoms. The van der Waals surface area contributed by atoms with Gasteiger partial charge in [0.05, 0.1) is 23.3 Å². The molecule has 0 N–H and O–H groups in total. The lowest BCUT2D eigenvalue weighted by Gasteiger charge is -2.33. The van der Waals surface area contributed by atoms with Crippen LogP contribution in [-0.4, -0.2) is 64.0 Å². The summed E-state index contributed by atoms with van der Waals surface area (Å²) < 4.78 is 29.4. The molecule has 0 amide bonds. The summed E-state index contributed by atoms with van der Waals surface area (Å²) in [5, 5.41) is 4.42. The summed E-state index contributed by atoms with van der Waals surface area (Å²) in [6, 6.07) is 0. The predicted molar refractivity (Wildman–Crippen MR) is 99.9 cm³/mol. The van der Waals surface area contributed by atoms with Gasteiger partial charge in [-0.1, -0.05) is 0 Å². The van der Waals surface area contributed by atoms with Crippen molar-refractivity contribution in [1.82, 2.24) is 28.4 Å². The van der Waals surface area contributed by atoms with Gasteiger partial charge in [0.25, 0.3) is 10.2 Å². The highest BCUT2D eigenvalue weighted by Crippen LogP contribution is 2.29. The van der Waals surface area contributed by atoms with Gasteiger partial charge in [-0.3, -0.25) is 14.6 Å². The third-order valence-corrected chi connectivity index (χ3v) is 6.93. The number of aryl methyl sites for hydroxylation is 2. The number of aromatic nitrogens is 4. The molecule has 0 radical (unpaired) electrons. The summed E-state index contributed by atoms with van der Waals surface area (Å²) in [7, 11) is 1.64. The molecule has 1 aliphatic heterocycles. The van der Waals surface area contributed by atoms with Crippen molar-refractivity contribution in [3.05, 3.63) is 29.5 Å². The predicted octanol–water partition coefficient (Wildman–Crippen LogP) is 1.48. The normalized spacial score (nSPS) is 19.2. The van der Waals surface area contributed by atoms with Crippen LogP contribution in [0.15, 0.2) is 12.4 Å². The molecule has 2 aromatic rings. The van der Waals surface area contributed by atoms with Crippen LogP contribution in [0.4, 0.5) is 0 Å². The summed E-state index contributed by atoms with van der Waals surface area (Å²) in [4.78, 5) is 9.18. The van der Waals surface area contributed by atoms with Crippen molar-refractivity contribution in [2.45, 2.75) is 32.6 Å². The Bertz CT molecular complexity index is 889. The molecular formula is C17H26N6O2S. The summed E-state index contributed by atoms with van der Waals surface area (Å²) >= 11 is 0. The monoisotopic (exact) mass is 378 g/mol. The van der Waals surface area contributed by atoms with Crippen LogP contribution in [0.1, 0.15) is 35.8 Å². The second kappa shape index (κ2) is 7.05. The van der Waals surface area contributed by atoms with Gasteiger partial charge in [-0.25, -0.2) is 0 Å². The fourth-order valence-electron chi connectivity index (χ4n) is 3.45. The minimum Gasteiger partial charge on any atom is -0.272 e. The smallest absolute Gasteiger partial charge is 0.272 e. The molecule has 0 saturated carbocycles. The molecule has 1 saturated heterocycles. The number of rotatable bonds is 4. The van der Waals surface area contributed by atoms with Crippen molar-refractivity contribution in [1.29, 1.82) is 0 Å². The summed E-state index contributed by atoms with van der Waals surface area (Å²) in [5.74, 6) is 0.0658. The van der Waals surface area contributed by atoms with Gasteiger partial charge in [0.1, 0.15) is 0 Å². The van der Waals surface area contributed by atoms with Crippen LogP contribution in [-0.2, 0) is 17.3 Å². The van der Waals surface area contributed by atoms with E-state index in [1.54, 1.807) is 26.5 Å². The zero-order valence-corrected chi connectivity index (χ0v) is 16.8. The van der Waals surface area contributed by atoms with E-state index in [1.807, 2.05) is 25.6 Å². The van der Waals surface area contributed by atoms with Crippen LogP contribution in [0, 0.1) is 13.8 Å². The minimum absolute atomic E-state index is 0.0658. The van der Waals surface area contributed by atoms with Crippen LogP contribution < -0.4 is 0 Å². The molecular weight excluding hydrogens is 352 g/mol. The first-order valence-corrected chi connectivity index (χ1v) is 10.1. The molecule has 0 bridgehead atoms. The first-order valence-electron chi connectivity index (χ1n) is 8.72. The minimum atomic E-state index is -3.39. The molecule has 142 valence electrons. The van der Waals surface area contributed by atoms with E-state index in [0.29, 0.717) is 13.1 Å². The first kappa shape index (κ1) is 18.9. The quantitative estimate of drug-likeness (QED) is 0.805. The Labute approximate surface area is 155 Å². The van der Waals surface area contributed by atoms with Crippen molar-refractivity contribution in [3.8, 4) is 11.3 Å². The Kier molecular flexibility index (Phi) is 5.14. The average Bonchev–Trinajstić information content (AvgIpc) is 2.87. The fraction of sp³-hybridized carbons (Fsp3) is 0.588. The van der Waals surface area contributed by atoms with E-state index in [1.165, 1.54) is 8.61 Å². The number of piperidine rings is 1. The summed E-state index contributed by atoms with van der Waals surface area (Å²) in [6.07, 6.45) is 5.28. The van der Waals surface area contributed by atoms with E-state index in [9.17, 15) is 8.42 Å². The number of hydrogen-bond donors (Lipinski definition) is 0. The molecule has 0 aromatic carbocycles. The molecule has 0 spiro atoms. The molecule has 8 nitrogen and oxygen atoms in total. The Hall–Kier alpha value is -1.84. The topological polar surface area (TPSA) is 84.2 Å². The van der Waals surface area contributed by atoms with E-state index in [2.05, 4.69) is 15.1 Å². The van der Waals surface area contributed by atoms with Gasteiger partial charge in [-0.15, -0.1) is 0 Å². The third-order valence-electron chi connectivity index (χ3n) is 5.03. The van der Waals surface area contributed by atoms with Crippen LogP contribution in [0.5, 0.6) is 0 Å². The van der Waals surface area contributed by atoms with Gasteiger partial charge < -0.3 is 0 Å². The van der Waals surface area contributed by atoms with E-state index in [4.69, 9.17) is 0 Å². The van der Waals surface area contributed by atoms with Crippen molar-refractivity contribution in [2.24, 2.45) is 7.05 Å². The SMILES string of the molecule is Cc1nn(C)c(C)c1-c1cnc([C@H]2CCCN(S(=O)(=O)N(C)C)C2)cn1. The van der Waals surface area contributed by atoms with Gasteiger partial charge in [0, 0.05) is 57.6 Å². The summed E-state index contributed by atoms with van der Waals surface area (Å²) in [5.41, 5.74) is 4.61. The second-order valence-corrected chi connectivity index (χ2v) is 9.13. The van der Waals surface area contributed by atoms with Crippen LogP contribution in [0.2, 0.25) is 0 Å². The molecule has 0 unspecified atom stereocenters. The number of hydrogen-bond acceptors (Lipinski definition) is 5. The highest BCUT2D eigenvalue weighted by Gasteiger charge is 2.31. The van der Waals surface area contributed by atoms with Crippen LogP contribution >= 0.6 is 0 Å². The molecule has 1 aliphatic rings. The van der Waals surface area contributed by atoms with Crippen molar-refractivity contribution < 1.29 is 8.42 Å². The molecule has 0 aliphatic carbocycles. The van der Waals surface area contributed by atoms with E-state index < -0.39 is 10.2 Å². The lowest BCUT2D eigenvalue weighted by Crippen LogP contribution is -2.45. The second-order valence-electron chi connectivity index (χ2n) is 6.98. The maximum Gasteiger partial charge on any atom is 0.281 e. The van der Waals surface area contributed by atoms with E-state index in [-0.39, 0.29) is 5.92 Å². The van der Waals surface area contributed by atoms with Gasteiger partial charge in [-0.2, -0.15) is 22.1 Å².